The molecule has 1 fully saturated rings. The first-order chi connectivity index (χ1) is 17.5. The number of anilines is 1. The second-order valence-corrected chi connectivity index (χ2v) is 8.53. The van der Waals surface area contributed by atoms with E-state index in [0.717, 1.165) is 11.1 Å². The summed E-state index contributed by atoms with van der Waals surface area (Å²) in [6.45, 7) is 1.18. The molecule has 0 atom stereocenters. The molecule has 2 amide bonds. The minimum atomic E-state index is -0.635. The Balaban J connectivity index is 1.14. The number of ether oxygens (including phenoxy) is 4. The van der Waals surface area contributed by atoms with E-state index in [9.17, 15) is 9.59 Å². The molecule has 0 saturated carbocycles. The van der Waals surface area contributed by atoms with E-state index in [0.29, 0.717) is 38.3 Å². The molecule has 2 aromatic carbocycles. The van der Waals surface area contributed by atoms with Crippen molar-refractivity contribution >= 4 is 28.5 Å². The van der Waals surface area contributed by atoms with Crippen LogP contribution < -0.4 is 15.0 Å². The van der Waals surface area contributed by atoms with Crippen molar-refractivity contribution in [1.82, 2.24) is 10.3 Å². The Bertz CT molecular complexity index is 1160. The van der Waals surface area contributed by atoms with Gasteiger partial charge in [0, 0.05) is 44.0 Å². The maximum Gasteiger partial charge on any atom is 0.407 e. The van der Waals surface area contributed by atoms with E-state index < -0.39 is 6.09 Å². The molecule has 1 aliphatic heterocycles. The summed E-state index contributed by atoms with van der Waals surface area (Å²) in [5.41, 5.74) is 1.87. The number of alkyl carbamates (subject to hydrolysis) is 1. The summed E-state index contributed by atoms with van der Waals surface area (Å²) in [6, 6.07) is 15.7. The van der Waals surface area contributed by atoms with Crippen LogP contribution >= 0.6 is 0 Å². The van der Waals surface area contributed by atoms with Gasteiger partial charge in [0.05, 0.1) is 20.3 Å². The van der Waals surface area contributed by atoms with E-state index in [1.165, 1.54) is 15.8 Å². The number of carbonyl (C=O) groups is 2. The maximum atomic E-state index is 12.2. The van der Waals surface area contributed by atoms with Gasteiger partial charge in [0.2, 0.25) is 0 Å². The van der Waals surface area contributed by atoms with Gasteiger partial charge in [0.15, 0.2) is 12.9 Å². The number of hydrogen-bond acceptors (Lipinski definition) is 7. The number of pyridine rings is 1. The van der Waals surface area contributed by atoms with E-state index >= 15 is 0 Å². The zero-order chi connectivity index (χ0) is 25.3. The number of nitrogens with one attached hydrogen (secondary N) is 1. The fourth-order valence-electron chi connectivity index (χ4n) is 4.11. The molecule has 1 N–H and O–H groups in total. The topological polar surface area (TPSA) is 99.2 Å². The highest BCUT2D eigenvalue weighted by molar-refractivity contribution is 5.94. The number of nitrogens with zero attached hydrogens (tertiary/aromatic N) is 2. The van der Waals surface area contributed by atoms with Crippen LogP contribution in [0.3, 0.4) is 0 Å². The summed E-state index contributed by atoms with van der Waals surface area (Å²) in [4.78, 5) is 29.4. The standard InChI is InChI=1S/C27H31N3O6/c1-30(21-10-13-28-14-11-21)25(31)18-36-27(32)29-12-4-7-26-34-16-20(17-35-26)23-6-3-5-19-15-22(33-2)8-9-24(19)23/h3,5-6,8-11,13-15,20,26H,4,7,12,16-18H2,1-2H3,(H,29,32). The molecule has 0 unspecified atom stereocenters. The first-order valence-electron chi connectivity index (χ1n) is 11.9. The normalized spacial score (nSPS) is 17.4. The summed E-state index contributed by atoms with van der Waals surface area (Å²) >= 11 is 0. The van der Waals surface area contributed by atoms with Gasteiger partial charge in [-0.25, -0.2) is 4.79 Å². The smallest absolute Gasteiger partial charge is 0.407 e. The molecule has 1 saturated heterocycles. The zero-order valence-electron chi connectivity index (χ0n) is 20.5. The number of benzene rings is 2. The van der Waals surface area contributed by atoms with Gasteiger partial charge in [0.1, 0.15) is 5.75 Å². The third kappa shape index (κ3) is 6.50. The van der Waals surface area contributed by atoms with Crippen LogP contribution in [0.2, 0.25) is 0 Å². The van der Waals surface area contributed by atoms with Crippen LogP contribution in [0.25, 0.3) is 10.8 Å². The minimum Gasteiger partial charge on any atom is -0.497 e. The molecule has 0 aliphatic carbocycles. The predicted octanol–water partition coefficient (Wildman–Crippen LogP) is 3.87. The Morgan fingerprint density at radius 2 is 1.89 bits per heavy atom. The Labute approximate surface area is 210 Å². The van der Waals surface area contributed by atoms with Gasteiger partial charge in [-0.1, -0.05) is 24.3 Å². The van der Waals surface area contributed by atoms with Crippen molar-refractivity contribution in [3.05, 3.63) is 66.5 Å². The van der Waals surface area contributed by atoms with Crippen molar-refractivity contribution < 1.29 is 28.5 Å². The van der Waals surface area contributed by atoms with Crippen LogP contribution in [-0.2, 0) is 19.0 Å². The average Bonchev–Trinajstić information content (AvgIpc) is 2.93. The van der Waals surface area contributed by atoms with Gasteiger partial charge in [-0.2, -0.15) is 0 Å². The molecule has 0 bridgehead atoms. The number of hydrogen-bond donors (Lipinski definition) is 1. The first kappa shape index (κ1) is 25.4. The molecule has 2 heterocycles. The first-order valence-corrected chi connectivity index (χ1v) is 11.9. The zero-order valence-corrected chi connectivity index (χ0v) is 20.5. The molecule has 9 nitrogen and oxygen atoms in total. The Hall–Kier alpha value is -3.69. The van der Waals surface area contributed by atoms with Crippen molar-refractivity contribution in [3.8, 4) is 5.75 Å². The lowest BCUT2D eigenvalue weighted by molar-refractivity contribution is -0.189. The van der Waals surface area contributed by atoms with E-state index in [1.54, 1.807) is 38.7 Å². The number of methoxy groups -OCH3 is 1. The predicted molar refractivity (Wildman–Crippen MR) is 135 cm³/mol. The minimum absolute atomic E-state index is 0.147. The van der Waals surface area contributed by atoms with Crippen molar-refractivity contribution in [3.63, 3.8) is 0 Å². The number of rotatable bonds is 9. The SMILES string of the molecule is COc1ccc2c(C3COC(CCCNC(=O)OCC(=O)N(C)c4ccncc4)OC3)cccc2c1. The van der Waals surface area contributed by atoms with Gasteiger partial charge < -0.3 is 29.2 Å². The lowest BCUT2D eigenvalue weighted by Gasteiger charge is -2.30. The summed E-state index contributed by atoms with van der Waals surface area (Å²) in [5.74, 6) is 0.645. The third-order valence-electron chi connectivity index (χ3n) is 6.16. The van der Waals surface area contributed by atoms with Gasteiger partial charge in [-0.3, -0.25) is 9.78 Å². The summed E-state index contributed by atoms with van der Waals surface area (Å²) in [5, 5.41) is 4.95. The van der Waals surface area contributed by atoms with E-state index in [1.807, 2.05) is 18.2 Å². The third-order valence-corrected chi connectivity index (χ3v) is 6.16. The molecule has 0 spiro atoms. The van der Waals surface area contributed by atoms with Gasteiger partial charge >= 0.3 is 6.09 Å². The molecule has 0 radical (unpaired) electrons. The number of carbonyl (C=O) groups excluding carboxylic acids is 2. The Morgan fingerprint density at radius 3 is 2.64 bits per heavy atom. The van der Waals surface area contributed by atoms with Crippen molar-refractivity contribution in [2.45, 2.75) is 25.0 Å². The molecule has 4 rings (SSSR count). The molecule has 1 aromatic heterocycles. The van der Waals surface area contributed by atoms with Crippen molar-refractivity contribution in [2.75, 3.05) is 45.4 Å². The molecule has 190 valence electrons. The second-order valence-electron chi connectivity index (χ2n) is 8.53. The summed E-state index contributed by atoms with van der Waals surface area (Å²) in [6.07, 6.45) is 3.53. The van der Waals surface area contributed by atoms with Crippen LogP contribution in [0.5, 0.6) is 5.75 Å². The molecular formula is C27H31N3O6. The Kier molecular flexibility index (Phi) is 8.70. The average molecular weight is 494 g/mol. The molecular weight excluding hydrogens is 462 g/mol. The number of aromatic nitrogens is 1. The lowest BCUT2D eigenvalue weighted by Crippen LogP contribution is -2.34. The highest BCUT2D eigenvalue weighted by atomic mass is 16.7. The largest absolute Gasteiger partial charge is 0.497 e. The lowest BCUT2D eigenvalue weighted by atomic mass is 9.94. The second kappa shape index (κ2) is 12.3. The molecule has 9 heteroatoms. The quantitative estimate of drug-likeness (QED) is 0.452. The van der Waals surface area contributed by atoms with E-state index in [4.69, 9.17) is 18.9 Å². The van der Waals surface area contributed by atoms with Crippen LogP contribution in [0.15, 0.2) is 60.9 Å². The van der Waals surface area contributed by atoms with E-state index in [-0.39, 0.29) is 24.7 Å². The van der Waals surface area contributed by atoms with Gasteiger partial charge in [-0.15, -0.1) is 0 Å². The number of likely N-dealkylation sites (N-methyl/N-ethyl adjacent to an activating group) is 1. The molecule has 36 heavy (non-hydrogen) atoms. The van der Waals surface area contributed by atoms with Gasteiger partial charge in [0.25, 0.3) is 5.91 Å². The number of fused-ring (bicyclic) bond motifs is 1. The Morgan fingerprint density at radius 1 is 1.11 bits per heavy atom. The van der Waals surface area contributed by atoms with Crippen LogP contribution in [0.1, 0.15) is 24.3 Å². The van der Waals surface area contributed by atoms with Crippen LogP contribution in [0.4, 0.5) is 10.5 Å². The monoisotopic (exact) mass is 493 g/mol. The van der Waals surface area contributed by atoms with Crippen LogP contribution in [0, 0.1) is 0 Å². The van der Waals surface area contributed by atoms with Crippen molar-refractivity contribution in [2.24, 2.45) is 0 Å². The van der Waals surface area contributed by atoms with E-state index in [2.05, 4.69) is 28.5 Å². The highest BCUT2D eigenvalue weighted by Gasteiger charge is 2.24. The maximum absolute atomic E-state index is 12.2. The molecule has 1 aliphatic rings. The molecule has 3 aromatic rings. The van der Waals surface area contributed by atoms with Gasteiger partial charge in [-0.05, 0) is 47.0 Å². The fraction of sp³-hybridized carbons (Fsp3) is 0.370. The van der Waals surface area contributed by atoms with Crippen molar-refractivity contribution in [1.29, 1.82) is 0 Å². The fourth-order valence-corrected chi connectivity index (χ4v) is 4.11. The summed E-state index contributed by atoms with van der Waals surface area (Å²) < 4.78 is 22.3. The number of amides is 2. The summed E-state index contributed by atoms with van der Waals surface area (Å²) in [7, 11) is 3.28. The highest BCUT2D eigenvalue weighted by Crippen LogP contribution is 2.31. The van der Waals surface area contributed by atoms with Crippen LogP contribution in [-0.4, -0.2) is 63.8 Å².